The molecule has 2 aliphatic rings. The predicted molar refractivity (Wildman–Crippen MR) is 72.5 cm³/mol. The number of hydrogen-bond donors (Lipinski definition) is 2. The summed E-state index contributed by atoms with van der Waals surface area (Å²) in [5.74, 6) is 2.10. The van der Waals surface area contributed by atoms with Gasteiger partial charge in [0.2, 0.25) is 11.8 Å². The number of amides is 2. The lowest BCUT2D eigenvalue weighted by Gasteiger charge is -2.35. The Morgan fingerprint density at radius 2 is 2.28 bits per heavy atom. The van der Waals surface area contributed by atoms with Crippen LogP contribution in [0.15, 0.2) is 0 Å². The van der Waals surface area contributed by atoms with Gasteiger partial charge in [-0.05, 0) is 12.8 Å². The van der Waals surface area contributed by atoms with Crippen molar-refractivity contribution in [2.24, 2.45) is 5.92 Å². The van der Waals surface area contributed by atoms with E-state index < -0.39 is 0 Å². The minimum Gasteiger partial charge on any atom is -0.359 e. The number of carbonyl (C=O) groups is 2. The molecule has 5 nitrogen and oxygen atoms in total. The van der Waals surface area contributed by atoms with Crippen molar-refractivity contribution in [3.8, 4) is 0 Å². The molecule has 0 saturated carbocycles. The Labute approximate surface area is 112 Å². The quantitative estimate of drug-likeness (QED) is 0.722. The third kappa shape index (κ3) is 3.17. The van der Waals surface area contributed by atoms with Gasteiger partial charge in [0.05, 0.1) is 12.0 Å². The molecule has 0 aromatic carbocycles. The molecule has 0 aromatic heterocycles. The lowest BCUT2D eigenvalue weighted by molar-refractivity contribution is -0.137. The number of nitrogens with one attached hydrogen (secondary N) is 2. The Hall–Kier alpha value is -0.750. The van der Waals surface area contributed by atoms with Gasteiger partial charge in [-0.25, -0.2) is 0 Å². The first-order chi connectivity index (χ1) is 8.72. The highest BCUT2D eigenvalue weighted by molar-refractivity contribution is 7.99. The molecule has 0 bridgehead atoms. The number of hydrogen-bond acceptors (Lipinski definition) is 4. The highest BCUT2D eigenvalue weighted by Crippen LogP contribution is 2.19. The maximum Gasteiger partial charge on any atom is 0.240 e. The first-order valence-electron chi connectivity index (χ1n) is 6.54. The van der Waals surface area contributed by atoms with Crippen LogP contribution in [0.1, 0.15) is 12.8 Å². The van der Waals surface area contributed by atoms with Crippen LogP contribution < -0.4 is 10.6 Å². The van der Waals surface area contributed by atoms with E-state index in [2.05, 4.69) is 10.6 Å². The van der Waals surface area contributed by atoms with Crippen molar-refractivity contribution >= 4 is 23.6 Å². The van der Waals surface area contributed by atoms with Crippen molar-refractivity contribution in [1.29, 1.82) is 0 Å². The van der Waals surface area contributed by atoms with Crippen LogP contribution in [-0.4, -0.2) is 60.9 Å². The fourth-order valence-electron chi connectivity index (χ4n) is 2.54. The van der Waals surface area contributed by atoms with Crippen LogP contribution in [0.3, 0.4) is 0 Å². The Morgan fingerprint density at radius 1 is 1.44 bits per heavy atom. The number of thioether (sulfide) groups is 1. The Kier molecular flexibility index (Phi) is 4.88. The largest absolute Gasteiger partial charge is 0.359 e. The van der Waals surface area contributed by atoms with Gasteiger partial charge in [-0.2, -0.15) is 11.8 Å². The van der Waals surface area contributed by atoms with Crippen molar-refractivity contribution in [3.05, 3.63) is 0 Å². The molecule has 2 amide bonds. The van der Waals surface area contributed by atoms with Crippen LogP contribution >= 0.6 is 11.8 Å². The topological polar surface area (TPSA) is 61.4 Å². The van der Waals surface area contributed by atoms with E-state index >= 15 is 0 Å². The summed E-state index contributed by atoms with van der Waals surface area (Å²) in [6, 6.07) is -0.0628. The minimum absolute atomic E-state index is 0.0380. The molecule has 2 fully saturated rings. The summed E-state index contributed by atoms with van der Waals surface area (Å²) >= 11 is 1.82. The molecule has 0 aromatic rings. The second kappa shape index (κ2) is 6.43. The highest BCUT2D eigenvalue weighted by atomic mass is 32.2. The standard InChI is InChI=1S/C12H21N3O2S/c1-13-11(16)9-3-2-5-15(7-9)12(17)10-8-18-6-4-14-10/h9-10,14H,2-8H2,1H3,(H,13,16). The van der Waals surface area contributed by atoms with E-state index in [0.717, 1.165) is 37.4 Å². The molecule has 2 aliphatic heterocycles. The lowest BCUT2D eigenvalue weighted by atomic mass is 9.96. The average molecular weight is 271 g/mol. The van der Waals surface area contributed by atoms with Crippen molar-refractivity contribution in [3.63, 3.8) is 0 Å². The summed E-state index contributed by atoms with van der Waals surface area (Å²) < 4.78 is 0. The molecule has 6 heteroatoms. The second-order valence-electron chi connectivity index (χ2n) is 4.82. The monoisotopic (exact) mass is 271 g/mol. The molecular weight excluding hydrogens is 250 g/mol. The molecule has 2 unspecified atom stereocenters. The summed E-state index contributed by atoms with van der Waals surface area (Å²) in [6.45, 7) is 2.25. The van der Waals surface area contributed by atoms with Gasteiger partial charge in [0.1, 0.15) is 0 Å². The zero-order valence-corrected chi connectivity index (χ0v) is 11.6. The molecular formula is C12H21N3O2S. The van der Waals surface area contributed by atoms with E-state index in [1.807, 2.05) is 16.7 Å². The average Bonchev–Trinajstić information content (AvgIpc) is 2.46. The highest BCUT2D eigenvalue weighted by Gasteiger charge is 2.31. The first kappa shape index (κ1) is 13.7. The number of piperidine rings is 1. The zero-order chi connectivity index (χ0) is 13.0. The summed E-state index contributed by atoms with van der Waals surface area (Å²) in [4.78, 5) is 25.8. The van der Waals surface area contributed by atoms with Crippen LogP contribution in [0.5, 0.6) is 0 Å². The minimum atomic E-state index is -0.0628. The van der Waals surface area contributed by atoms with Crippen molar-refractivity contribution in [2.75, 3.05) is 38.2 Å². The molecule has 102 valence electrons. The van der Waals surface area contributed by atoms with Gasteiger partial charge in [-0.1, -0.05) is 0 Å². The molecule has 18 heavy (non-hydrogen) atoms. The van der Waals surface area contributed by atoms with E-state index in [1.54, 1.807) is 7.05 Å². The Morgan fingerprint density at radius 3 is 2.94 bits per heavy atom. The van der Waals surface area contributed by atoms with Gasteiger partial charge >= 0.3 is 0 Å². The smallest absolute Gasteiger partial charge is 0.240 e. The summed E-state index contributed by atoms with van der Waals surface area (Å²) in [5, 5.41) is 5.94. The number of likely N-dealkylation sites (tertiary alicyclic amines) is 1. The fourth-order valence-corrected chi connectivity index (χ4v) is 3.46. The molecule has 0 radical (unpaired) electrons. The van der Waals surface area contributed by atoms with E-state index in [-0.39, 0.29) is 23.8 Å². The van der Waals surface area contributed by atoms with E-state index in [4.69, 9.17) is 0 Å². The normalized spacial score (nSPS) is 28.8. The van der Waals surface area contributed by atoms with E-state index in [0.29, 0.717) is 6.54 Å². The SMILES string of the molecule is CNC(=O)C1CCCN(C(=O)C2CSCCN2)C1. The van der Waals surface area contributed by atoms with Crippen LogP contribution in [0.2, 0.25) is 0 Å². The van der Waals surface area contributed by atoms with Gasteiger partial charge in [-0.3, -0.25) is 9.59 Å². The van der Waals surface area contributed by atoms with Crippen LogP contribution in [0.4, 0.5) is 0 Å². The molecule has 0 spiro atoms. The Balaban J connectivity index is 1.91. The summed E-state index contributed by atoms with van der Waals surface area (Å²) in [6.07, 6.45) is 1.81. The number of nitrogens with zero attached hydrogens (tertiary/aromatic N) is 1. The molecule has 2 N–H and O–H groups in total. The first-order valence-corrected chi connectivity index (χ1v) is 7.69. The molecule has 2 saturated heterocycles. The lowest BCUT2D eigenvalue weighted by Crippen LogP contribution is -2.54. The van der Waals surface area contributed by atoms with Gasteiger partial charge in [-0.15, -0.1) is 0 Å². The maximum absolute atomic E-state index is 12.3. The number of carbonyl (C=O) groups excluding carboxylic acids is 2. The predicted octanol–water partition coefficient (Wildman–Crippen LogP) is -0.324. The van der Waals surface area contributed by atoms with E-state index in [1.165, 1.54) is 0 Å². The summed E-state index contributed by atoms with van der Waals surface area (Å²) in [5.41, 5.74) is 0. The maximum atomic E-state index is 12.3. The molecule has 2 atom stereocenters. The zero-order valence-electron chi connectivity index (χ0n) is 10.8. The van der Waals surface area contributed by atoms with Gasteiger partial charge in [0.25, 0.3) is 0 Å². The van der Waals surface area contributed by atoms with Crippen LogP contribution in [0, 0.1) is 5.92 Å². The third-order valence-corrected chi connectivity index (χ3v) is 4.63. The van der Waals surface area contributed by atoms with Crippen LogP contribution in [-0.2, 0) is 9.59 Å². The van der Waals surface area contributed by atoms with Crippen molar-refractivity contribution in [2.45, 2.75) is 18.9 Å². The third-order valence-electron chi connectivity index (χ3n) is 3.57. The number of rotatable bonds is 2. The van der Waals surface area contributed by atoms with Gasteiger partial charge in [0, 0.05) is 38.2 Å². The van der Waals surface area contributed by atoms with Crippen molar-refractivity contribution < 1.29 is 9.59 Å². The molecule has 2 heterocycles. The van der Waals surface area contributed by atoms with Gasteiger partial charge < -0.3 is 15.5 Å². The fraction of sp³-hybridized carbons (Fsp3) is 0.833. The van der Waals surface area contributed by atoms with Gasteiger partial charge in [0.15, 0.2) is 0 Å². The van der Waals surface area contributed by atoms with E-state index in [9.17, 15) is 9.59 Å². The molecule has 2 rings (SSSR count). The summed E-state index contributed by atoms with van der Waals surface area (Å²) in [7, 11) is 1.66. The second-order valence-corrected chi connectivity index (χ2v) is 5.97. The van der Waals surface area contributed by atoms with Crippen molar-refractivity contribution in [1.82, 2.24) is 15.5 Å². The van der Waals surface area contributed by atoms with Crippen LogP contribution in [0.25, 0.3) is 0 Å². The molecule has 0 aliphatic carbocycles. The Bertz CT molecular complexity index is 318.